The molecule has 1 atom stereocenters. The highest BCUT2D eigenvalue weighted by Crippen LogP contribution is 2.29. The van der Waals surface area contributed by atoms with Crippen LogP contribution >= 0.6 is 0 Å². The van der Waals surface area contributed by atoms with E-state index in [4.69, 9.17) is 18.9 Å². The van der Waals surface area contributed by atoms with E-state index in [2.05, 4.69) is 0 Å². The molecule has 0 aliphatic carbocycles. The molecule has 104 valence electrons. The molecule has 1 saturated heterocycles. The Hall–Kier alpha value is -1.95. The van der Waals surface area contributed by atoms with Gasteiger partial charge in [-0.15, -0.1) is 0 Å². The van der Waals surface area contributed by atoms with Gasteiger partial charge >= 0.3 is 6.16 Å². The number of methoxy groups -OCH3 is 1. The van der Waals surface area contributed by atoms with Crippen molar-refractivity contribution in [3.05, 3.63) is 18.2 Å². The second-order valence-electron chi connectivity index (χ2n) is 4.13. The first-order valence-corrected chi connectivity index (χ1v) is 6.02. The Balaban J connectivity index is 1.82. The molecule has 2 rings (SSSR count). The largest absolute Gasteiger partial charge is 0.513 e. The maximum absolute atomic E-state index is 11.4. The highest BCUT2D eigenvalue weighted by Gasteiger charge is 2.18. The van der Waals surface area contributed by atoms with Gasteiger partial charge in [0.05, 0.1) is 13.2 Å². The summed E-state index contributed by atoms with van der Waals surface area (Å²) in [6, 6.07) is 4.29. The molecule has 0 amide bonds. The van der Waals surface area contributed by atoms with Crippen molar-refractivity contribution in [3.63, 3.8) is 0 Å². The highest BCUT2D eigenvalue weighted by molar-refractivity contribution is 5.64. The molecule has 19 heavy (non-hydrogen) atoms. The van der Waals surface area contributed by atoms with Crippen LogP contribution < -0.4 is 9.47 Å². The first-order chi connectivity index (χ1) is 9.19. The predicted molar refractivity (Wildman–Crippen MR) is 65.6 cm³/mol. The second-order valence-corrected chi connectivity index (χ2v) is 4.13. The molecule has 1 aromatic carbocycles. The Morgan fingerprint density at radius 2 is 2.37 bits per heavy atom. The lowest BCUT2D eigenvalue weighted by Crippen LogP contribution is -2.19. The number of phenols is 1. The Bertz CT molecular complexity index is 439. The van der Waals surface area contributed by atoms with Crippen molar-refractivity contribution in [3.8, 4) is 17.2 Å². The van der Waals surface area contributed by atoms with Gasteiger partial charge in [0.15, 0.2) is 11.5 Å². The predicted octanol–water partition coefficient (Wildman–Crippen LogP) is 2.10. The van der Waals surface area contributed by atoms with Crippen molar-refractivity contribution in [1.29, 1.82) is 0 Å². The summed E-state index contributed by atoms with van der Waals surface area (Å²) in [5.74, 6) is 0.391. The molecule has 0 aromatic heterocycles. The summed E-state index contributed by atoms with van der Waals surface area (Å²) in [5.41, 5.74) is 0. The monoisotopic (exact) mass is 268 g/mol. The zero-order valence-corrected chi connectivity index (χ0v) is 10.6. The summed E-state index contributed by atoms with van der Waals surface area (Å²) in [6.45, 7) is 0.885. The van der Waals surface area contributed by atoms with Crippen LogP contribution in [0.15, 0.2) is 18.2 Å². The van der Waals surface area contributed by atoms with Gasteiger partial charge in [-0.05, 0) is 25.0 Å². The minimum absolute atomic E-state index is 0.0446. The third kappa shape index (κ3) is 3.75. The van der Waals surface area contributed by atoms with Gasteiger partial charge in [-0.3, -0.25) is 0 Å². The summed E-state index contributed by atoms with van der Waals surface area (Å²) in [6.07, 6.45) is 1.00. The number of aromatic hydroxyl groups is 1. The molecular formula is C13H16O6. The maximum atomic E-state index is 11.4. The summed E-state index contributed by atoms with van der Waals surface area (Å²) in [5, 5.41) is 9.53. The quantitative estimate of drug-likeness (QED) is 0.665. The van der Waals surface area contributed by atoms with E-state index in [1.807, 2.05) is 0 Å². The number of phenolic OH excluding ortho intramolecular Hbond substituents is 1. The van der Waals surface area contributed by atoms with Gasteiger partial charge in [-0.25, -0.2) is 4.79 Å². The zero-order chi connectivity index (χ0) is 13.7. The fourth-order valence-electron chi connectivity index (χ4n) is 1.80. The molecule has 6 nitrogen and oxygen atoms in total. The van der Waals surface area contributed by atoms with Crippen LogP contribution in [-0.4, -0.2) is 37.7 Å². The third-order valence-corrected chi connectivity index (χ3v) is 2.76. The van der Waals surface area contributed by atoms with Crippen LogP contribution in [0.2, 0.25) is 0 Å². The molecule has 1 aliphatic heterocycles. The lowest BCUT2D eigenvalue weighted by molar-refractivity contribution is 0.0273. The van der Waals surface area contributed by atoms with E-state index >= 15 is 0 Å². The standard InChI is InChI=1S/C13H16O6/c1-16-12-5-4-9(7-11(12)14)19-13(15)18-8-10-3-2-6-17-10/h4-5,7,10,14H,2-3,6,8H2,1H3. The normalized spacial score (nSPS) is 18.1. The number of rotatable bonds is 4. The minimum Gasteiger partial charge on any atom is -0.504 e. The molecule has 0 radical (unpaired) electrons. The fraction of sp³-hybridized carbons (Fsp3) is 0.462. The van der Waals surface area contributed by atoms with Crippen LogP contribution in [-0.2, 0) is 9.47 Å². The van der Waals surface area contributed by atoms with Crippen LogP contribution in [0.25, 0.3) is 0 Å². The SMILES string of the molecule is COc1ccc(OC(=O)OCC2CCCO2)cc1O. The average molecular weight is 268 g/mol. The first-order valence-electron chi connectivity index (χ1n) is 6.02. The Morgan fingerprint density at radius 1 is 1.53 bits per heavy atom. The molecule has 0 bridgehead atoms. The molecule has 1 unspecified atom stereocenters. The summed E-state index contributed by atoms with van der Waals surface area (Å²) in [7, 11) is 1.44. The van der Waals surface area contributed by atoms with Crippen molar-refractivity contribution in [1.82, 2.24) is 0 Å². The number of carbonyl (C=O) groups excluding carboxylic acids is 1. The van der Waals surface area contributed by atoms with Gasteiger partial charge in [-0.1, -0.05) is 0 Å². The molecule has 6 heteroatoms. The van der Waals surface area contributed by atoms with E-state index in [9.17, 15) is 9.90 Å². The van der Waals surface area contributed by atoms with Gasteiger partial charge in [-0.2, -0.15) is 0 Å². The van der Waals surface area contributed by atoms with Gasteiger partial charge in [0.25, 0.3) is 0 Å². The van der Waals surface area contributed by atoms with Gasteiger partial charge in [0.1, 0.15) is 12.4 Å². The van der Waals surface area contributed by atoms with E-state index in [1.165, 1.54) is 25.3 Å². The maximum Gasteiger partial charge on any atom is 0.513 e. The number of benzene rings is 1. The number of hydrogen-bond acceptors (Lipinski definition) is 6. The average Bonchev–Trinajstić information content (AvgIpc) is 2.90. The van der Waals surface area contributed by atoms with Crippen molar-refractivity contribution >= 4 is 6.16 Å². The van der Waals surface area contributed by atoms with Crippen molar-refractivity contribution in [2.45, 2.75) is 18.9 Å². The van der Waals surface area contributed by atoms with Crippen molar-refractivity contribution in [2.75, 3.05) is 20.3 Å². The number of carbonyl (C=O) groups is 1. The smallest absolute Gasteiger partial charge is 0.504 e. The highest BCUT2D eigenvalue weighted by atomic mass is 16.7. The van der Waals surface area contributed by atoms with Crippen molar-refractivity contribution in [2.24, 2.45) is 0 Å². The molecule has 0 saturated carbocycles. The van der Waals surface area contributed by atoms with E-state index in [-0.39, 0.29) is 24.2 Å². The molecule has 1 heterocycles. The van der Waals surface area contributed by atoms with Gasteiger partial charge in [0, 0.05) is 12.7 Å². The summed E-state index contributed by atoms with van der Waals surface area (Å²) >= 11 is 0. The van der Waals surface area contributed by atoms with Crippen molar-refractivity contribution < 1.29 is 28.8 Å². The van der Waals surface area contributed by atoms with Gasteiger partial charge in [0.2, 0.25) is 0 Å². The minimum atomic E-state index is -0.819. The Kier molecular flexibility index (Phi) is 4.46. The molecular weight excluding hydrogens is 252 g/mol. The van der Waals surface area contributed by atoms with E-state index in [0.717, 1.165) is 12.8 Å². The molecule has 1 aromatic rings. The number of hydrogen-bond donors (Lipinski definition) is 1. The number of ether oxygens (including phenoxy) is 4. The van der Waals surface area contributed by atoms with E-state index < -0.39 is 6.16 Å². The first kappa shape index (κ1) is 13.5. The molecule has 0 spiro atoms. The Morgan fingerprint density at radius 3 is 3.00 bits per heavy atom. The second kappa shape index (κ2) is 6.29. The molecule has 1 aliphatic rings. The van der Waals surface area contributed by atoms with Gasteiger partial charge < -0.3 is 24.1 Å². The summed E-state index contributed by atoms with van der Waals surface area (Å²) in [4.78, 5) is 11.4. The molecule has 1 fully saturated rings. The fourth-order valence-corrected chi connectivity index (χ4v) is 1.80. The van der Waals surface area contributed by atoms with Crippen LogP contribution in [0.4, 0.5) is 4.79 Å². The van der Waals surface area contributed by atoms with Crippen LogP contribution in [0.1, 0.15) is 12.8 Å². The van der Waals surface area contributed by atoms with Crippen LogP contribution in [0.3, 0.4) is 0 Å². The van der Waals surface area contributed by atoms with E-state index in [0.29, 0.717) is 12.4 Å². The Labute approximate surface area is 110 Å². The lowest BCUT2D eigenvalue weighted by Gasteiger charge is -2.10. The molecule has 1 N–H and O–H groups in total. The zero-order valence-electron chi connectivity index (χ0n) is 10.6. The van der Waals surface area contributed by atoms with Crippen LogP contribution in [0, 0.1) is 0 Å². The summed E-state index contributed by atoms with van der Waals surface area (Å²) < 4.78 is 20.0. The van der Waals surface area contributed by atoms with E-state index in [1.54, 1.807) is 0 Å². The third-order valence-electron chi connectivity index (χ3n) is 2.76. The topological polar surface area (TPSA) is 74.2 Å². The lowest BCUT2D eigenvalue weighted by atomic mass is 10.2. The van der Waals surface area contributed by atoms with Crippen LogP contribution in [0.5, 0.6) is 17.2 Å².